The standard InChI is InChI=1S/C15H11N3O3/c19-13-16-14(20)18(12-9-5-2-6-10-12)15(21)17(13)11-7-3-1-4-8-11/h1-10H,(H,16,19,20)/p-1. The lowest BCUT2D eigenvalue weighted by atomic mass is 10.3. The van der Waals surface area contributed by atoms with Crippen molar-refractivity contribution < 1.29 is 5.11 Å². The van der Waals surface area contributed by atoms with Crippen LogP contribution < -0.4 is 16.5 Å². The first-order chi connectivity index (χ1) is 10.2. The van der Waals surface area contributed by atoms with Crippen molar-refractivity contribution in [2.75, 3.05) is 0 Å². The SMILES string of the molecule is O=c1nc([O-])n(-c2ccccc2)c(=O)n1-c1ccccc1. The van der Waals surface area contributed by atoms with E-state index in [0.29, 0.717) is 11.4 Å². The van der Waals surface area contributed by atoms with Crippen LogP contribution in [0.5, 0.6) is 6.01 Å². The molecule has 0 N–H and O–H groups in total. The van der Waals surface area contributed by atoms with Crippen molar-refractivity contribution in [1.29, 1.82) is 0 Å². The Labute approximate surface area is 119 Å². The minimum Gasteiger partial charge on any atom is -0.845 e. The Kier molecular flexibility index (Phi) is 3.12. The maximum absolute atomic E-state index is 12.5. The molecule has 0 fully saturated rings. The molecule has 0 aliphatic heterocycles. The summed E-state index contributed by atoms with van der Waals surface area (Å²) in [6, 6.07) is 15.8. The van der Waals surface area contributed by atoms with Crippen LogP contribution in [0.1, 0.15) is 0 Å². The monoisotopic (exact) mass is 280 g/mol. The highest BCUT2D eigenvalue weighted by Crippen LogP contribution is 2.08. The molecule has 2 aromatic carbocycles. The minimum atomic E-state index is -0.886. The van der Waals surface area contributed by atoms with E-state index in [2.05, 4.69) is 4.98 Å². The van der Waals surface area contributed by atoms with Crippen LogP contribution in [0.2, 0.25) is 0 Å². The van der Waals surface area contributed by atoms with Crippen LogP contribution in [0.4, 0.5) is 0 Å². The molecule has 0 saturated carbocycles. The van der Waals surface area contributed by atoms with E-state index < -0.39 is 17.4 Å². The van der Waals surface area contributed by atoms with Crippen LogP contribution in [0.25, 0.3) is 11.4 Å². The highest BCUT2D eigenvalue weighted by atomic mass is 16.3. The lowest BCUT2D eigenvalue weighted by Crippen LogP contribution is -2.41. The average Bonchev–Trinajstić information content (AvgIpc) is 2.49. The van der Waals surface area contributed by atoms with Crippen LogP contribution in [0.15, 0.2) is 70.3 Å². The van der Waals surface area contributed by atoms with Crippen molar-refractivity contribution in [3.8, 4) is 17.4 Å². The number of hydrogen-bond acceptors (Lipinski definition) is 4. The van der Waals surface area contributed by atoms with Gasteiger partial charge in [-0.05, 0) is 24.3 Å². The Balaban J connectivity index is 2.35. The van der Waals surface area contributed by atoms with Gasteiger partial charge in [-0.15, -0.1) is 0 Å². The zero-order chi connectivity index (χ0) is 14.8. The summed E-state index contributed by atoms with van der Waals surface area (Å²) in [5.41, 5.74) is -0.893. The van der Waals surface area contributed by atoms with E-state index in [-0.39, 0.29) is 0 Å². The van der Waals surface area contributed by atoms with Crippen LogP contribution in [0.3, 0.4) is 0 Å². The van der Waals surface area contributed by atoms with Crippen molar-refractivity contribution >= 4 is 0 Å². The molecule has 0 aliphatic carbocycles. The molecule has 0 unspecified atom stereocenters. The summed E-state index contributed by atoms with van der Waals surface area (Å²) in [6.45, 7) is 0. The first-order valence-electron chi connectivity index (χ1n) is 6.22. The number of benzene rings is 2. The average molecular weight is 280 g/mol. The Morgan fingerprint density at radius 1 is 0.762 bits per heavy atom. The zero-order valence-electron chi connectivity index (χ0n) is 10.8. The fourth-order valence-electron chi connectivity index (χ4n) is 2.04. The van der Waals surface area contributed by atoms with Crippen molar-refractivity contribution in [3.63, 3.8) is 0 Å². The van der Waals surface area contributed by atoms with E-state index in [4.69, 9.17) is 0 Å². The van der Waals surface area contributed by atoms with E-state index in [0.717, 1.165) is 9.13 Å². The largest absolute Gasteiger partial charge is 0.845 e. The molecule has 0 saturated heterocycles. The van der Waals surface area contributed by atoms with E-state index in [1.54, 1.807) is 60.7 Å². The molecule has 3 aromatic rings. The topological polar surface area (TPSA) is 79.9 Å². The van der Waals surface area contributed by atoms with Gasteiger partial charge in [-0.2, -0.15) is 4.98 Å². The van der Waals surface area contributed by atoms with Crippen LogP contribution >= 0.6 is 0 Å². The first kappa shape index (κ1) is 12.9. The molecule has 6 nitrogen and oxygen atoms in total. The van der Waals surface area contributed by atoms with Gasteiger partial charge in [0, 0.05) is 0 Å². The molecule has 0 amide bonds. The predicted octanol–water partition coefficient (Wildman–Crippen LogP) is 0.457. The molecule has 21 heavy (non-hydrogen) atoms. The van der Waals surface area contributed by atoms with E-state index in [1.165, 1.54) is 0 Å². The van der Waals surface area contributed by atoms with Crippen LogP contribution in [-0.4, -0.2) is 14.1 Å². The maximum atomic E-state index is 12.5. The molecule has 1 aromatic heterocycles. The molecular formula is C15H10N3O3-. The van der Waals surface area contributed by atoms with E-state index >= 15 is 0 Å². The van der Waals surface area contributed by atoms with E-state index in [1.807, 2.05) is 0 Å². The summed E-state index contributed by atoms with van der Waals surface area (Å²) in [6.07, 6.45) is 0. The van der Waals surface area contributed by atoms with Crippen LogP contribution in [0, 0.1) is 0 Å². The molecular weight excluding hydrogens is 270 g/mol. The van der Waals surface area contributed by atoms with Gasteiger partial charge in [0.15, 0.2) is 0 Å². The zero-order valence-corrected chi connectivity index (χ0v) is 10.8. The van der Waals surface area contributed by atoms with Gasteiger partial charge in [-0.1, -0.05) is 36.4 Å². The van der Waals surface area contributed by atoms with Crippen molar-refractivity contribution in [2.45, 2.75) is 0 Å². The summed E-state index contributed by atoms with van der Waals surface area (Å²) in [4.78, 5) is 27.8. The van der Waals surface area contributed by atoms with Gasteiger partial charge in [-0.3, -0.25) is 4.57 Å². The number of rotatable bonds is 2. The Morgan fingerprint density at radius 3 is 1.76 bits per heavy atom. The molecule has 3 rings (SSSR count). The smallest absolute Gasteiger partial charge is 0.357 e. The second kappa shape index (κ2) is 5.09. The first-order valence-corrected chi connectivity index (χ1v) is 6.22. The normalized spacial score (nSPS) is 10.5. The predicted molar refractivity (Wildman–Crippen MR) is 74.9 cm³/mol. The third-order valence-electron chi connectivity index (χ3n) is 2.99. The van der Waals surface area contributed by atoms with Crippen molar-refractivity contribution in [2.24, 2.45) is 0 Å². The molecule has 1 heterocycles. The Bertz CT molecular complexity index is 884. The van der Waals surface area contributed by atoms with Crippen molar-refractivity contribution in [3.05, 3.63) is 81.6 Å². The quantitative estimate of drug-likeness (QED) is 0.683. The molecule has 0 aliphatic rings. The van der Waals surface area contributed by atoms with E-state index in [9.17, 15) is 14.7 Å². The minimum absolute atomic E-state index is 0.365. The van der Waals surface area contributed by atoms with Gasteiger partial charge in [0.2, 0.25) is 0 Å². The summed E-state index contributed by atoms with van der Waals surface area (Å²) in [7, 11) is 0. The highest BCUT2D eigenvalue weighted by molar-refractivity contribution is 5.35. The molecule has 104 valence electrons. The Hall–Kier alpha value is -3.15. The summed E-state index contributed by atoms with van der Waals surface area (Å²) in [5.74, 6) is 0. The fourth-order valence-corrected chi connectivity index (χ4v) is 2.04. The van der Waals surface area contributed by atoms with Gasteiger partial charge < -0.3 is 5.11 Å². The summed E-state index contributed by atoms with van der Waals surface area (Å²) >= 11 is 0. The summed E-state index contributed by atoms with van der Waals surface area (Å²) in [5, 5.41) is 11.9. The lowest BCUT2D eigenvalue weighted by molar-refractivity contribution is -0.285. The van der Waals surface area contributed by atoms with Gasteiger partial charge in [0.1, 0.15) is 0 Å². The number of aromatic nitrogens is 3. The highest BCUT2D eigenvalue weighted by Gasteiger charge is 2.10. The fraction of sp³-hybridized carbons (Fsp3) is 0. The van der Waals surface area contributed by atoms with Crippen LogP contribution in [-0.2, 0) is 0 Å². The molecule has 0 atom stereocenters. The second-order valence-corrected chi connectivity index (χ2v) is 4.30. The number of para-hydroxylation sites is 2. The third-order valence-corrected chi connectivity index (χ3v) is 2.99. The Morgan fingerprint density at radius 2 is 1.24 bits per heavy atom. The third kappa shape index (κ3) is 2.23. The van der Waals surface area contributed by atoms with Gasteiger partial charge in [0.25, 0.3) is 0 Å². The molecule has 0 spiro atoms. The number of hydrogen-bond donors (Lipinski definition) is 0. The van der Waals surface area contributed by atoms with Gasteiger partial charge in [0.05, 0.1) is 17.4 Å². The van der Waals surface area contributed by atoms with Crippen molar-refractivity contribution in [1.82, 2.24) is 14.1 Å². The summed E-state index contributed by atoms with van der Waals surface area (Å²) < 4.78 is 1.74. The van der Waals surface area contributed by atoms with Gasteiger partial charge in [-0.25, -0.2) is 14.2 Å². The maximum Gasteiger partial charge on any atom is 0.357 e. The molecule has 0 bridgehead atoms. The lowest BCUT2D eigenvalue weighted by Gasteiger charge is -2.16. The van der Waals surface area contributed by atoms with Gasteiger partial charge >= 0.3 is 11.4 Å². The molecule has 6 heteroatoms. The second-order valence-electron chi connectivity index (χ2n) is 4.30. The number of nitrogens with zero attached hydrogens (tertiary/aromatic N) is 3. The molecule has 0 radical (unpaired) electrons.